The van der Waals surface area contributed by atoms with E-state index in [1.54, 1.807) is 52.8 Å². The van der Waals surface area contributed by atoms with Crippen LogP contribution in [0.4, 0.5) is 17.6 Å². The molecule has 0 unspecified atom stereocenters. The van der Waals surface area contributed by atoms with Gasteiger partial charge in [0, 0.05) is 69.5 Å². The number of carboxylic acids is 1. The molecule has 2 aliphatic heterocycles. The van der Waals surface area contributed by atoms with Gasteiger partial charge in [-0.05, 0) is 73.9 Å². The smallest absolute Gasteiger partial charge is 0.309 e. The van der Waals surface area contributed by atoms with Gasteiger partial charge in [-0.15, -0.1) is 0 Å². The first kappa shape index (κ1) is 58.2. The minimum absolute atomic E-state index is 0. The molecule has 0 bridgehead atoms. The number of aldehydes is 1. The summed E-state index contributed by atoms with van der Waals surface area (Å²) in [6.45, 7) is 4.56. The number of benzene rings is 4. The van der Waals surface area contributed by atoms with Gasteiger partial charge >= 0.3 is 5.97 Å². The fourth-order valence-corrected chi connectivity index (χ4v) is 10.4. The summed E-state index contributed by atoms with van der Waals surface area (Å²) in [5.74, 6) is -7.97. The van der Waals surface area contributed by atoms with E-state index in [2.05, 4.69) is 0 Å². The molecular weight excluding hydrogens is 1030 g/mol. The molecule has 79 heavy (non-hydrogen) atoms. The van der Waals surface area contributed by atoms with E-state index in [9.17, 15) is 61.0 Å². The Balaban J connectivity index is 0.000000223. The summed E-state index contributed by atoms with van der Waals surface area (Å²) in [4.78, 5) is 108. The largest absolute Gasteiger partial charge is 0.483 e. The molecule has 4 aromatic carbocycles. The highest BCUT2D eigenvalue weighted by Crippen LogP contribution is 2.55. The van der Waals surface area contributed by atoms with E-state index in [-0.39, 0.29) is 124 Å². The van der Waals surface area contributed by atoms with Crippen LogP contribution in [0, 0.1) is 35.1 Å². The summed E-state index contributed by atoms with van der Waals surface area (Å²) in [5, 5.41) is 9.79. The first-order valence-electron chi connectivity index (χ1n) is 25.1. The number of ketones is 2. The zero-order chi connectivity index (χ0) is 54.9. The maximum Gasteiger partial charge on any atom is 0.309 e. The van der Waals surface area contributed by atoms with Crippen molar-refractivity contribution >= 4 is 35.6 Å². The summed E-state index contributed by atoms with van der Waals surface area (Å²) in [6, 6.07) is 24.2. The molecule has 2 aromatic heterocycles. The summed E-state index contributed by atoms with van der Waals surface area (Å²) in [6.07, 6.45) is 3.50. The lowest BCUT2D eigenvalue weighted by Crippen LogP contribution is -2.50. The minimum Gasteiger partial charge on any atom is -0.483 e. The number of carbonyl (C=O) groups excluding carboxylic acids is 5. The van der Waals surface area contributed by atoms with Gasteiger partial charge in [0.25, 0.3) is 11.8 Å². The van der Waals surface area contributed by atoms with Gasteiger partial charge in [0.05, 0.1) is 28.1 Å². The second kappa shape index (κ2) is 23.6. The number of pyridine rings is 2. The number of aryl methyl sites for hydroxylation is 2. The fourth-order valence-electron chi connectivity index (χ4n) is 10.4. The number of aromatic nitrogens is 2. The predicted molar refractivity (Wildman–Crippen MR) is 283 cm³/mol. The second-order valence-corrected chi connectivity index (χ2v) is 19.6. The molecule has 2 saturated carbocycles. The van der Waals surface area contributed by atoms with Gasteiger partial charge < -0.3 is 38.3 Å². The number of carboxylic acid groups (broad SMARTS) is 1. The van der Waals surface area contributed by atoms with Gasteiger partial charge in [0.15, 0.2) is 34.5 Å². The Kier molecular flexibility index (Phi) is 17.4. The highest BCUT2D eigenvalue weighted by molar-refractivity contribution is 6.02. The average Bonchev–Trinajstić information content (AvgIpc) is 3.62. The lowest BCUT2D eigenvalue weighted by Gasteiger charge is -2.37. The molecule has 1 N–H and O–H groups in total. The number of hydrogen-bond acceptors (Lipinski definition) is 10. The highest BCUT2D eigenvalue weighted by Gasteiger charge is 2.64. The van der Waals surface area contributed by atoms with Crippen LogP contribution >= 0.6 is 0 Å². The van der Waals surface area contributed by atoms with Crippen molar-refractivity contribution < 1.29 is 60.9 Å². The molecule has 414 valence electrons. The minimum atomic E-state index is -1.04. The van der Waals surface area contributed by atoms with Crippen LogP contribution in [0.25, 0.3) is 0 Å². The lowest BCUT2D eigenvalue weighted by atomic mass is 9.99. The molecule has 2 aliphatic carbocycles. The number of Topliss-reactive ketones (excluding diaryl/α,β-unsaturated/α-hetero) is 2. The first-order chi connectivity index (χ1) is 36.9. The monoisotopic (exact) mass is 1090 g/mol. The summed E-state index contributed by atoms with van der Waals surface area (Å²) < 4.78 is 69.7. The molecule has 4 aliphatic rings. The highest BCUT2D eigenvalue weighted by atomic mass is 19.1. The SMILES string of the molecule is C.C.CCN1C[C@@]2(C[C@@H]2C(=O)O)n2cc(C(=O)CCc3ccc(F)cc3F)c(=O)c(OCc3ccccc3)c2C1=O.CCN1C[C@@]2(C[C@@H]2C=O)n2cc(C(=O)CCc3ccc(F)cc3F)c(=O)c(OCc3ccccc3)c2C1=O. The molecule has 2 fully saturated rings. The van der Waals surface area contributed by atoms with Crippen LogP contribution in [0.2, 0.25) is 0 Å². The molecular formula is C60H60F4N4O11. The second-order valence-electron chi connectivity index (χ2n) is 19.6. The number of rotatable bonds is 18. The fraction of sp³-hybridized carbons (Fsp3) is 0.333. The Bertz CT molecular complexity index is 3480. The van der Waals surface area contributed by atoms with E-state index in [4.69, 9.17) is 9.47 Å². The third-order valence-electron chi connectivity index (χ3n) is 14.9. The number of carbonyl (C=O) groups is 6. The number of hydrogen-bond donors (Lipinski definition) is 1. The molecule has 6 aromatic rings. The quantitative estimate of drug-likeness (QED) is 0.0491. The van der Waals surface area contributed by atoms with Gasteiger partial charge in [-0.2, -0.15) is 0 Å². The molecule has 4 atom stereocenters. The van der Waals surface area contributed by atoms with Gasteiger partial charge in [0.2, 0.25) is 10.9 Å². The van der Waals surface area contributed by atoms with Crippen molar-refractivity contribution in [1.82, 2.24) is 18.9 Å². The summed E-state index contributed by atoms with van der Waals surface area (Å²) in [7, 11) is 0. The van der Waals surface area contributed by atoms with Gasteiger partial charge in [-0.3, -0.25) is 33.6 Å². The Morgan fingerprint density at radius 3 is 1.41 bits per heavy atom. The molecule has 0 radical (unpaired) electrons. The Morgan fingerprint density at radius 2 is 1.04 bits per heavy atom. The zero-order valence-corrected chi connectivity index (χ0v) is 41.9. The lowest BCUT2D eigenvalue weighted by molar-refractivity contribution is -0.139. The van der Waals surface area contributed by atoms with E-state index in [0.29, 0.717) is 19.5 Å². The average molecular weight is 1090 g/mol. The first-order valence-corrected chi connectivity index (χ1v) is 25.1. The molecule has 19 heteroatoms. The van der Waals surface area contributed by atoms with Crippen molar-refractivity contribution in [3.8, 4) is 11.5 Å². The number of aliphatic carboxylic acids is 1. The Morgan fingerprint density at radius 1 is 0.620 bits per heavy atom. The van der Waals surface area contributed by atoms with Crippen LogP contribution in [0.1, 0.15) is 118 Å². The number of ether oxygens (including phenoxy) is 2. The van der Waals surface area contributed by atoms with Crippen molar-refractivity contribution in [1.29, 1.82) is 0 Å². The van der Waals surface area contributed by atoms with E-state index >= 15 is 0 Å². The number of likely N-dealkylation sites (N-methyl/N-ethyl adjacent to an activating group) is 2. The number of fused-ring (bicyclic) bond motifs is 4. The molecule has 2 spiro atoms. The van der Waals surface area contributed by atoms with Gasteiger partial charge in [0.1, 0.15) is 42.8 Å². The molecule has 0 saturated heterocycles. The van der Waals surface area contributed by atoms with Crippen LogP contribution in [0.5, 0.6) is 11.5 Å². The number of halogens is 4. The van der Waals surface area contributed by atoms with E-state index in [1.807, 2.05) is 31.2 Å². The summed E-state index contributed by atoms with van der Waals surface area (Å²) >= 11 is 0. The third kappa shape index (κ3) is 11.3. The van der Waals surface area contributed by atoms with Crippen molar-refractivity contribution in [3.05, 3.63) is 198 Å². The van der Waals surface area contributed by atoms with E-state index < -0.39 is 80.5 Å². The number of nitrogens with zero attached hydrogens (tertiary/aromatic N) is 4. The number of amides is 2. The maximum atomic E-state index is 14.1. The Labute approximate surface area is 453 Å². The summed E-state index contributed by atoms with van der Waals surface area (Å²) in [5.41, 5.74) is -2.13. The normalized spacial score (nSPS) is 19.2. The predicted octanol–water partition coefficient (Wildman–Crippen LogP) is 8.98. The van der Waals surface area contributed by atoms with Crippen molar-refractivity contribution in [2.75, 3.05) is 26.2 Å². The van der Waals surface area contributed by atoms with Gasteiger partial charge in [-0.25, -0.2) is 17.6 Å². The van der Waals surface area contributed by atoms with E-state index in [0.717, 1.165) is 41.7 Å². The molecule has 2 amide bonds. The Hall–Kier alpha value is -8.48. The zero-order valence-electron chi connectivity index (χ0n) is 41.9. The van der Waals surface area contributed by atoms with Crippen LogP contribution < -0.4 is 20.3 Å². The van der Waals surface area contributed by atoms with Gasteiger partial charge in [-0.1, -0.05) is 87.6 Å². The third-order valence-corrected chi connectivity index (χ3v) is 14.9. The molecule has 15 nitrogen and oxygen atoms in total. The standard InChI is InChI=1S/C29H26F2N2O6.C29H26F2N2O5.2CH4/c1-2-32-16-29(13-21(29)28(37)38)33-14-20(23(34)11-9-18-8-10-19(30)12-22(18)31)25(35)26(24(33)27(32)36)39-15-17-6-4-3-5-7-17;1-2-32-17-29(13-20(29)15-34)33-14-22(24(35)11-9-19-8-10-21(30)12-23(19)31)26(36)27(25(33)28(32)37)38-16-18-6-4-3-5-7-18;;/h3-8,10,12,14,21H,2,9,11,13,15-16H2,1H3,(H,37,38);3-8,10,12,14-15,20H,2,9,11,13,16-17H2,1H3;2*1H4/t21-,29-;20-,29-;;/m11../s1. The maximum absolute atomic E-state index is 14.1. The van der Waals surface area contributed by atoms with Crippen LogP contribution in [0.15, 0.2) is 119 Å². The molecule has 4 heterocycles. The van der Waals surface area contributed by atoms with Crippen molar-refractivity contribution in [3.63, 3.8) is 0 Å². The van der Waals surface area contributed by atoms with Crippen LogP contribution in [-0.4, -0.2) is 85.9 Å². The topological polar surface area (TPSA) is 192 Å². The molecule has 10 rings (SSSR count). The van der Waals surface area contributed by atoms with Crippen LogP contribution in [-0.2, 0) is 46.7 Å². The van der Waals surface area contributed by atoms with Crippen molar-refractivity contribution in [2.45, 2.75) is 91.5 Å². The van der Waals surface area contributed by atoms with E-state index in [1.165, 1.54) is 34.0 Å². The van der Waals surface area contributed by atoms with Crippen LogP contribution in [0.3, 0.4) is 0 Å². The van der Waals surface area contributed by atoms with Crippen molar-refractivity contribution in [2.24, 2.45) is 11.8 Å².